The van der Waals surface area contributed by atoms with Crippen LogP contribution in [0, 0.1) is 0 Å². The summed E-state index contributed by atoms with van der Waals surface area (Å²) in [4.78, 5) is 4.62. The molecule has 0 aromatic rings. The van der Waals surface area contributed by atoms with Crippen LogP contribution in [-0.2, 0) is 4.84 Å². The van der Waals surface area contributed by atoms with E-state index < -0.39 is 0 Å². The zero-order chi connectivity index (χ0) is 5.11. The minimum atomic E-state index is 1.12. The minimum absolute atomic E-state index is 1.12. The molecule has 0 bridgehead atoms. The van der Waals surface area contributed by atoms with E-state index in [1.807, 2.05) is 5.01 Å². The van der Waals surface area contributed by atoms with Gasteiger partial charge in [-0.1, -0.05) is 0 Å². The predicted molar refractivity (Wildman–Crippen MR) is 26.3 cm³/mol. The first-order chi connectivity index (χ1) is 3.43. The average molecular weight is 102 g/mol. The van der Waals surface area contributed by atoms with Gasteiger partial charge in [-0.05, 0) is 6.42 Å². The summed E-state index contributed by atoms with van der Waals surface area (Å²) in [6, 6.07) is 0. The van der Waals surface area contributed by atoms with E-state index in [0.29, 0.717) is 0 Å². The number of rotatable bonds is 2. The second-order valence-corrected chi connectivity index (χ2v) is 1.64. The molecule has 0 atom stereocenters. The minimum Gasteiger partial charge on any atom is -0.290 e. The Kier molecular flexibility index (Phi) is 1.62. The summed E-state index contributed by atoms with van der Waals surface area (Å²) in [6.45, 7) is 2.24. The van der Waals surface area contributed by atoms with E-state index >= 15 is 0 Å². The molecule has 7 heavy (non-hydrogen) atoms. The fourth-order valence-electron chi connectivity index (χ4n) is 0.537. The molecule has 0 spiro atoms. The van der Waals surface area contributed by atoms with Gasteiger partial charge in [0.15, 0.2) is 0 Å². The molecule has 1 N–H and O–H groups in total. The van der Waals surface area contributed by atoms with Gasteiger partial charge in [-0.15, -0.1) is 5.59 Å². The third kappa shape index (κ3) is 1.12. The first kappa shape index (κ1) is 5.03. The molecule has 42 valence electrons. The second-order valence-electron chi connectivity index (χ2n) is 1.64. The highest BCUT2D eigenvalue weighted by atomic mass is 16.7. The Morgan fingerprint density at radius 1 is 1.57 bits per heavy atom. The van der Waals surface area contributed by atoms with Crippen LogP contribution in [0.25, 0.3) is 0 Å². The molecule has 3 nitrogen and oxygen atoms in total. The molecule has 1 heterocycles. The number of hydrogen-bond donors (Lipinski definition) is 1. The van der Waals surface area contributed by atoms with Crippen molar-refractivity contribution in [3.63, 3.8) is 0 Å². The molecule has 1 saturated heterocycles. The van der Waals surface area contributed by atoms with Gasteiger partial charge >= 0.3 is 0 Å². The highest BCUT2D eigenvalue weighted by molar-refractivity contribution is 4.59. The lowest BCUT2D eigenvalue weighted by Crippen LogP contribution is -2.46. The van der Waals surface area contributed by atoms with E-state index in [0.717, 1.165) is 13.1 Å². The largest absolute Gasteiger partial charge is 0.290 e. The number of hydrogen-bond acceptors (Lipinski definition) is 3. The lowest BCUT2D eigenvalue weighted by atomic mass is 10.3. The molecule has 1 rings (SSSR count). The Morgan fingerprint density at radius 2 is 2.29 bits per heavy atom. The normalized spacial score (nSPS) is 21.9. The van der Waals surface area contributed by atoms with Crippen LogP contribution in [0.5, 0.6) is 0 Å². The van der Waals surface area contributed by atoms with E-state index in [2.05, 4.69) is 10.4 Å². The van der Waals surface area contributed by atoms with Crippen LogP contribution in [-0.4, -0.2) is 25.2 Å². The Morgan fingerprint density at radius 3 is 2.43 bits per heavy atom. The second kappa shape index (κ2) is 2.26. The standard InChI is InChI=1S/C4H10N2O/c1-7-5-6-3-2-4-6/h5H,2-4H2,1H3. The van der Waals surface area contributed by atoms with Crippen molar-refractivity contribution in [2.45, 2.75) is 6.42 Å². The van der Waals surface area contributed by atoms with Crippen LogP contribution in [0.1, 0.15) is 6.42 Å². The summed E-state index contributed by atoms with van der Waals surface area (Å²) in [7, 11) is 1.62. The van der Waals surface area contributed by atoms with Gasteiger partial charge in [-0.25, -0.2) is 5.01 Å². The Labute approximate surface area is 43.2 Å². The van der Waals surface area contributed by atoms with E-state index in [4.69, 9.17) is 0 Å². The molecule has 1 fully saturated rings. The molecule has 0 amide bonds. The van der Waals surface area contributed by atoms with Gasteiger partial charge in [0.25, 0.3) is 0 Å². The van der Waals surface area contributed by atoms with Gasteiger partial charge in [-0.2, -0.15) is 0 Å². The van der Waals surface area contributed by atoms with Crippen molar-refractivity contribution in [1.82, 2.24) is 10.6 Å². The Bertz CT molecular complexity index is 53.7. The average Bonchev–Trinajstić information content (AvgIpc) is 1.55. The van der Waals surface area contributed by atoms with Crippen LogP contribution >= 0.6 is 0 Å². The van der Waals surface area contributed by atoms with E-state index in [1.54, 1.807) is 7.11 Å². The molecule has 0 saturated carbocycles. The van der Waals surface area contributed by atoms with Crippen molar-refractivity contribution in [2.75, 3.05) is 20.2 Å². The fraction of sp³-hybridized carbons (Fsp3) is 1.00. The van der Waals surface area contributed by atoms with E-state index in [-0.39, 0.29) is 0 Å². The van der Waals surface area contributed by atoms with Crippen molar-refractivity contribution >= 4 is 0 Å². The van der Waals surface area contributed by atoms with Crippen molar-refractivity contribution in [1.29, 1.82) is 0 Å². The van der Waals surface area contributed by atoms with Gasteiger partial charge in [0.05, 0.1) is 7.11 Å². The highest BCUT2D eigenvalue weighted by Gasteiger charge is 2.11. The SMILES string of the molecule is CONN1CCC1. The molecule has 0 aromatic heterocycles. The zero-order valence-electron chi connectivity index (χ0n) is 4.48. The first-order valence-electron chi connectivity index (χ1n) is 2.47. The highest BCUT2D eigenvalue weighted by Crippen LogP contribution is 1.99. The van der Waals surface area contributed by atoms with Gasteiger partial charge in [0.2, 0.25) is 0 Å². The monoisotopic (exact) mass is 102 g/mol. The lowest BCUT2D eigenvalue weighted by Gasteiger charge is -2.29. The van der Waals surface area contributed by atoms with Crippen molar-refractivity contribution in [2.24, 2.45) is 0 Å². The number of nitrogens with one attached hydrogen (secondary N) is 1. The van der Waals surface area contributed by atoms with Crippen LogP contribution in [0.4, 0.5) is 0 Å². The third-order valence-electron chi connectivity index (χ3n) is 1.08. The molecule has 3 heteroatoms. The molecule has 1 aliphatic rings. The molecule has 0 unspecified atom stereocenters. The predicted octanol–water partition coefficient (Wildman–Crippen LogP) is -0.242. The summed E-state index contributed by atoms with van der Waals surface area (Å²) >= 11 is 0. The first-order valence-corrected chi connectivity index (χ1v) is 2.47. The van der Waals surface area contributed by atoms with Crippen LogP contribution in [0.15, 0.2) is 0 Å². The number of nitrogens with zero attached hydrogens (tertiary/aromatic N) is 1. The summed E-state index contributed by atoms with van der Waals surface area (Å²) in [6.07, 6.45) is 1.29. The zero-order valence-corrected chi connectivity index (χ0v) is 4.48. The Hall–Kier alpha value is -0.120. The molecule has 0 aromatic carbocycles. The van der Waals surface area contributed by atoms with Crippen molar-refractivity contribution in [3.05, 3.63) is 0 Å². The van der Waals surface area contributed by atoms with E-state index in [9.17, 15) is 0 Å². The molecular weight excluding hydrogens is 92.1 g/mol. The molecule has 1 aliphatic heterocycles. The van der Waals surface area contributed by atoms with Gasteiger partial charge in [-0.3, -0.25) is 4.84 Å². The van der Waals surface area contributed by atoms with Crippen molar-refractivity contribution < 1.29 is 4.84 Å². The maximum Gasteiger partial charge on any atom is 0.0588 e. The van der Waals surface area contributed by atoms with Crippen LogP contribution < -0.4 is 5.59 Å². The quantitative estimate of drug-likeness (QED) is 0.487. The Balaban J connectivity index is 1.93. The summed E-state index contributed by atoms with van der Waals surface area (Å²) in [5.41, 5.74) is 2.72. The number of hydrazine groups is 1. The van der Waals surface area contributed by atoms with Crippen LogP contribution in [0.2, 0.25) is 0 Å². The summed E-state index contributed by atoms with van der Waals surface area (Å²) < 4.78 is 0. The topological polar surface area (TPSA) is 24.5 Å². The van der Waals surface area contributed by atoms with Gasteiger partial charge < -0.3 is 0 Å². The molecule has 0 radical (unpaired) electrons. The third-order valence-corrected chi connectivity index (χ3v) is 1.08. The smallest absolute Gasteiger partial charge is 0.0588 e. The van der Waals surface area contributed by atoms with Gasteiger partial charge in [0.1, 0.15) is 0 Å². The maximum absolute atomic E-state index is 4.62. The summed E-state index contributed by atoms with van der Waals surface area (Å²) in [5.74, 6) is 0. The maximum atomic E-state index is 4.62. The molecule has 0 aliphatic carbocycles. The van der Waals surface area contributed by atoms with Crippen molar-refractivity contribution in [3.8, 4) is 0 Å². The van der Waals surface area contributed by atoms with Crippen LogP contribution in [0.3, 0.4) is 0 Å². The van der Waals surface area contributed by atoms with E-state index in [1.165, 1.54) is 6.42 Å². The summed E-state index contributed by atoms with van der Waals surface area (Å²) in [5, 5.41) is 2.01. The molecular formula is C4H10N2O. The van der Waals surface area contributed by atoms with Gasteiger partial charge in [0, 0.05) is 13.1 Å². The fourth-order valence-corrected chi connectivity index (χ4v) is 0.537. The lowest BCUT2D eigenvalue weighted by molar-refractivity contribution is -0.0867.